The predicted octanol–water partition coefficient (Wildman–Crippen LogP) is 3.79. The third kappa shape index (κ3) is 5.11. The minimum atomic E-state index is -0.189. The van der Waals surface area contributed by atoms with Crippen LogP contribution >= 0.6 is 0 Å². The maximum atomic E-state index is 12.6. The SMILES string of the molecule is CCOc1ccc(CN(C)C(=O)Nc2ccc3c(ccn3CC(=O)N(C)C)c2)cc1. The van der Waals surface area contributed by atoms with E-state index >= 15 is 0 Å². The number of likely N-dealkylation sites (N-methyl/N-ethyl adjacent to an activating group) is 1. The minimum Gasteiger partial charge on any atom is -0.494 e. The molecule has 0 saturated heterocycles. The molecule has 7 heteroatoms. The first-order valence-electron chi connectivity index (χ1n) is 9.90. The first-order chi connectivity index (χ1) is 14.4. The third-order valence-electron chi connectivity index (χ3n) is 4.83. The summed E-state index contributed by atoms with van der Waals surface area (Å²) in [6, 6.07) is 15.2. The molecule has 1 N–H and O–H groups in total. The molecule has 0 spiro atoms. The molecule has 3 amide bonds. The summed E-state index contributed by atoms with van der Waals surface area (Å²) in [4.78, 5) is 27.8. The van der Waals surface area contributed by atoms with Crippen LogP contribution in [0.2, 0.25) is 0 Å². The largest absolute Gasteiger partial charge is 0.494 e. The van der Waals surface area contributed by atoms with Gasteiger partial charge in [0.05, 0.1) is 6.61 Å². The van der Waals surface area contributed by atoms with Crippen LogP contribution in [-0.2, 0) is 17.9 Å². The summed E-state index contributed by atoms with van der Waals surface area (Å²) in [6.07, 6.45) is 1.88. The van der Waals surface area contributed by atoms with Crippen molar-refractivity contribution in [3.05, 3.63) is 60.3 Å². The highest BCUT2D eigenvalue weighted by Crippen LogP contribution is 2.21. The number of aromatic nitrogens is 1. The lowest BCUT2D eigenvalue weighted by Crippen LogP contribution is -2.30. The van der Waals surface area contributed by atoms with Gasteiger partial charge in [-0.15, -0.1) is 0 Å². The van der Waals surface area contributed by atoms with Gasteiger partial charge < -0.3 is 24.4 Å². The highest BCUT2D eigenvalue weighted by atomic mass is 16.5. The van der Waals surface area contributed by atoms with E-state index in [-0.39, 0.29) is 18.5 Å². The summed E-state index contributed by atoms with van der Waals surface area (Å²) in [6.45, 7) is 3.35. The molecule has 0 aliphatic carbocycles. The van der Waals surface area contributed by atoms with Crippen LogP contribution in [0.15, 0.2) is 54.7 Å². The fraction of sp³-hybridized carbons (Fsp3) is 0.304. The Labute approximate surface area is 176 Å². The van der Waals surface area contributed by atoms with Crippen molar-refractivity contribution in [1.29, 1.82) is 0 Å². The predicted molar refractivity (Wildman–Crippen MR) is 119 cm³/mol. The summed E-state index contributed by atoms with van der Waals surface area (Å²) in [7, 11) is 5.24. The van der Waals surface area contributed by atoms with Crippen LogP contribution < -0.4 is 10.1 Å². The number of amides is 3. The summed E-state index contributed by atoms with van der Waals surface area (Å²) in [5.74, 6) is 0.849. The number of fused-ring (bicyclic) bond motifs is 1. The number of hydrogen-bond donors (Lipinski definition) is 1. The molecule has 0 radical (unpaired) electrons. The summed E-state index contributed by atoms with van der Waals surface area (Å²) < 4.78 is 7.35. The lowest BCUT2D eigenvalue weighted by molar-refractivity contribution is -0.129. The van der Waals surface area contributed by atoms with Crippen LogP contribution in [0.25, 0.3) is 10.9 Å². The zero-order valence-corrected chi connectivity index (χ0v) is 17.9. The zero-order chi connectivity index (χ0) is 21.7. The lowest BCUT2D eigenvalue weighted by atomic mass is 10.2. The molecule has 0 saturated carbocycles. The van der Waals surface area contributed by atoms with E-state index in [0.29, 0.717) is 18.8 Å². The molecule has 1 heterocycles. The molecule has 1 aromatic heterocycles. The van der Waals surface area contributed by atoms with Gasteiger partial charge in [0.15, 0.2) is 0 Å². The fourth-order valence-electron chi connectivity index (χ4n) is 3.13. The number of hydrogen-bond acceptors (Lipinski definition) is 3. The minimum absolute atomic E-state index is 0.0285. The first kappa shape index (κ1) is 21.2. The van der Waals surface area contributed by atoms with Crippen LogP contribution in [0.3, 0.4) is 0 Å². The molecule has 0 aliphatic heterocycles. The third-order valence-corrected chi connectivity index (χ3v) is 4.83. The Morgan fingerprint density at radius 1 is 1.03 bits per heavy atom. The number of urea groups is 1. The molecular weight excluding hydrogens is 380 g/mol. The first-order valence-corrected chi connectivity index (χ1v) is 9.90. The van der Waals surface area contributed by atoms with E-state index in [0.717, 1.165) is 22.2 Å². The molecule has 0 fully saturated rings. The van der Waals surface area contributed by atoms with Gasteiger partial charge >= 0.3 is 6.03 Å². The van der Waals surface area contributed by atoms with Crippen LogP contribution in [0, 0.1) is 0 Å². The highest BCUT2D eigenvalue weighted by molar-refractivity contribution is 5.93. The van der Waals surface area contributed by atoms with Crippen molar-refractivity contribution in [2.45, 2.75) is 20.0 Å². The molecule has 2 aromatic carbocycles. The number of carbonyl (C=O) groups excluding carboxylic acids is 2. The Hall–Kier alpha value is -3.48. The number of benzene rings is 2. The zero-order valence-electron chi connectivity index (χ0n) is 17.9. The topological polar surface area (TPSA) is 66.8 Å². The molecule has 0 bridgehead atoms. The van der Waals surface area contributed by atoms with Crippen LogP contribution in [0.4, 0.5) is 10.5 Å². The highest BCUT2D eigenvalue weighted by Gasteiger charge is 2.12. The molecule has 0 aliphatic rings. The van der Waals surface area contributed by atoms with Crippen molar-refractivity contribution in [3.63, 3.8) is 0 Å². The van der Waals surface area contributed by atoms with Gasteiger partial charge in [0, 0.05) is 50.5 Å². The van der Waals surface area contributed by atoms with Gasteiger partial charge in [0.2, 0.25) is 5.91 Å². The molecule has 0 unspecified atom stereocenters. The number of rotatable bonds is 7. The Morgan fingerprint density at radius 3 is 2.43 bits per heavy atom. The van der Waals surface area contributed by atoms with E-state index in [1.165, 1.54) is 0 Å². The molecule has 30 heavy (non-hydrogen) atoms. The quantitative estimate of drug-likeness (QED) is 0.647. The van der Waals surface area contributed by atoms with Crippen LogP contribution in [-0.4, -0.2) is 54.1 Å². The fourth-order valence-corrected chi connectivity index (χ4v) is 3.13. The monoisotopic (exact) mass is 408 g/mol. The van der Waals surface area contributed by atoms with Gasteiger partial charge in [0.25, 0.3) is 0 Å². The number of ether oxygens (including phenoxy) is 1. The van der Waals surface area contributed by atoms with Gasteiger partial charge in [-0.1, -0.05) is 12.1 Å². The van der Waals surface area contributed by atoms with Crippen LogP contribution in [0.1, 0.15) is 12.5 Å². The Balaban J connectivity index is 1.63. The summed E-state index contributed by atoms with van der Waals surface area (Å²) in [5, 5.41) is 3.90. The van der Waals surface area contributed by atoms with E-state index in [1.54, 1.807) is 30.9 Å². The second-order valence-corrected chi connectivity index (χ2v) is 7.37. The maximum absolute atomic E-state index is 12.6. The van der Waals surface area contributed by atoms with Gasteiger partial charge in [-0.05, 0) is 48.9 Å². The second kappa shape index (κ2) is 9.35. The van der Waals surface area contributed by atoms with Crippen molar-refractivity contribution in [3.8, 4) is 5.75 Å². The summed E-state index contributed by atoms with van der Waals surface area (Å²) in [5.41, 5.74) is 2.68. The smallest absolute Gasteiger partial charge is 0.321 e. The number of nitrogens with one attached hydrogen (secondary N) is 1. The van der Waals surface area contributed by atoms with E-state index in [9.17, 15) is 9.59 Å². The van der Waals surface area contributed by atoms with Crippen molar-refractivity contribution in [2.24, 2.45) is 0 Å². The number of anilines is 1. The molecule has 0 atom stereocenters. The molecule has 3 rings (SSSR count). The molecular formula is C23H28N4O3. The van der Waals surface area contributed by atoms with E-state index < -0.39 is 0 Å². The summed E-state index contributed by atoms with van der Waals surface area (Å²) >= 11 is 0. The van der Waals surface area contributed by atoms with Crippen molar-refractivity contribution < 1.29 is 14.3 Å². The number of carbonyl (C=O) groups is 2. The van der Waals surface area contributed by atoms with E-state index in [2.05, 4.69) is 5.32 Å². The van der Waals surface area contributed by atoms with Crippen molar-refractivity contribution in [2.75, 3.05) is 33.1 Å². The number of nitrogens with zero attached hydrogens (tertiary/aromatic N) is 3. The average molecular weight is 409 g/mol. The second-order valence-electron chi connectivity index (χ2n) is 7.37. The molecule has 158 valence electrons. The van der Waals surface area contributed by atoms with Gasteiger partial charge in [-0.3, -0.25) is 4.79 Å². The molecule has 3 aromatic rings. The Bertz CT molecular complexity index is 1020. The Kier molecular flexibility index (Phi) is 6.61. The van der Waals surface area contributed by atoms with Gasteiger partial charge in [-0.2, -0.15) is 0 Å². The van der Waals surface area contributed by atoms with Crippen molar-refractivity contribution >= 4 is 28.5 Å². The van der Waals surface area contributed by atoms with E-state index in [1.807, 2.05) is 66.2 Å². The average Bonchev–Trinajstić information content (AvgIpc) is 3.11. The normalized spacial score (nSPS) is 10.7. The standard InChI is InChI=1S/C23H28N4O3/c1-5-30-20-9-6-17(7-10-20)15-26(4)23(29)24-19-8-11-21-18(14-19)12-13-27(21)16-22(28)25(2)3/h6-14H,5,15-16H2,1-4H3,(H,24,29). The Morgan fingerprint density at radius 2 is 1.77 bits per heavy atom. The maximum Gasteiger partial charge on any atom is 0.321 e. The van der Waals surface area contributed by atoms with E-state index in [4.69, 9.17) is 4.74 Å². The van der Waals surface area contributed by atoms with Crippen molar-refractivity contribution in [1.82, 2.24) is 14.4 Å². The van der Waals surface area contributed by atoms with Gasteiger partial charge in [-0.25, -0.2) is 4.79 Å². The van der Waals surface area contributed by atoms with Crippen LogP contribution in [0.5, 0.6) is 5.75 Å². The lowest BCUT2D eigenvalue weighted by Gasteiger charge is -2.18. The van der Waals surface area contributed by atoms with Gasteiger partial charge in [0.1, 0.15) is 12.3 Å². The molecule has 7 nitrogen and oxygen atoms in total.